The van der Waals surface area contributed by atoms with Gasteiger partial charge in [0, 0.05) is 25.7 Å². The lowest BCUT2D eigenvalue weighted by atomic mass is 10.3. The Kier molecular flexibility index (Phi) is 1.70. The minimum absolute atomic E-state index is 0.579. The number of ether oxygens (including phenoxy) is 1. The number of nitrogens with zero attached hydrogens (tertiary/aromatic N) is 2. The topological polar surface area (TPSA) is 19.0 Å². The molecule has 3 fully saturated rings. The molecule has 0 aromatic rings. The van der Waals surface area contributed by atoms with E-state index in [1.165, 1.54) is 19.6 Å². The number of rotatable bonds is 3. The molecule has 0 amide bonds. The Labute approximate surface area is 79.6 Å². The molecule has 2 unspecified atom stereocenters. The zero-order valence-electron chi connectivity index (χ0n) is 8.44. The minimum Gasteiger partial charge on any atom is -0.372 e. The maximum absolute atomic E-state index is 5.24. The summed E-state index contributed by atoms with van der Waals surface area (Å²) in [6.07, 6.45) is 0.579. The average Bonchev–Trinajstić information content (AvgIpc) is 2.93. The molecular weight excluding hydrogens is 164 g/mol. The zero-order valence-corrected chi connectivity index (χ0v) is 8.44. The number of likely N-dealkylation sites (tertiary alicyclic amines) is 1. The molecule has 1 aliphatic carbocycles. The molecule has 2 saturated heterocycles. The van der Waals surface area contributed by atoms with Gasteiger partial charge in [0.1, 0.15) is 0 Å². The van der Waals surface area contributed by atoms with Gasteiger partial charge in [0.15, 0.2) is 0 Å². The highest BCUT2D eigenvalue weighted by Gasteiger charge is 2.56. The van der Waals surface area contributed by atoms with Crippen LogP contribution in [0.5, 0.6) is 0 Å². The second kappa shape index (κ2) is 2.69. The van der Waals surface area contributed by atoms with E-state index in [-0.39, 0.29) is 0 Å². The van der Waals surface area contributed by atoms with Crippen molar-refractivity contribution in [2.24, 2.45) is 11.8 Å². The predicted octanol–water partition coefficient (Wildman–Crippen LogP) is -0.123. The third-order valence-electron chi connectivity index (χ3n) is 3.68. The van der Waals surface area contributed by atoms with Gasteiger partial charge >= 0.3 is 0 Å². The molecule has 1 saturated carbocycles. The van der Waals surface area contributed by atoms with Crippen molar-refractivity contribution >= 4 is 0 Å². The molecule has 3 aliphatic rings. The van der Waals surface area contributed by atoms with Crippen molar-refractivity contribution in [3.63, 3.8) is 0 Å². The van der Waals surface area contributed by atoms with Gasteiger partial charge in [-0.05, 0) is 25.9 Å². The molecule has 2 aliphatic heterocycles. The highest BCUT2D eigenvalue weighted by atomic mass is 16.6. The van der Waals surface area contributed by atoms with Crippen LogP contribution in [0.2, 0.25) is 0 Å². The second-order valence-corrected chi connectivity index (χ2v) is 4.96. The monoisotopic (exact) mass is 182 g/mol. The van der Waals surface area contributed by atoms with Crippen LogP contribution in [0, 0.1) is 11.8 Å². The molecule has 0 N–H and O–H groups in total. The lowest BCUT2D eigenvalue weighted by Crippen LogP contribution is -2.33. The molecule has 13 heavy (non-hydrogen) atoms. The Morgan fingerprint density at radius 1 is 1.31 bits per heavy atom. The van der Waals surface area contributed by atoms with Gasteiger partial charge in [0.05, 0.1) is 12.7 Å². The van der Waals surface area contributed by atoms with Gasteiger partial charge in [-0.1, -0.05) is 0 Å². The van der Waals surface area contributed by atoms with E-state index in [2.05, 4.69) is 23.9 Å². The molecule has 74 valence electrons. The van der Waals surface area contributed by atoms with Crippen molar-refractivity contribution in [3.05, 3.63) is 0 Å². The number of piperidine rings is 1. The van der Waals surface area contributed by atoms with Crippen LogP contribution in [-0.4, -0.2) is 62.3 Å². The van der Waals surface area contributed by atoms with Crippen molar-refractivity contribution in [3.8, 4) is 0 Å². The van der Waals surface area contributed by atoms with Crippen LogP contribution in [0.1, 0.15) is 0 Å². The van der Waals surface area contributed by atoms with Gasteiger partial charge in [-0.3, -0.25) is 4.90 Å². The van der Waals surface area contributed by atoms with E-state index in [0.717, 1.165) is 24.5 Å². The summed E-state index contributed by atoms with van der Waals surface area (Å²) in [5.74, 6) is 1.93. The van der Waals surface area contributed by atoms with Crippen LogP contribution in [-0.2, 0) is 4.74 Å². The highest BCUT2D eigenvalue weighted by Crippen LogP contribution is 2.48. The van der Waals surface area contributed by atoms with E-state index in [1.54, 1.807) is 0 Å². The first-order valence-electron chi connectivity index (χ1n) is 5.26. The smallest absolute Gasteiger partial charge is 0.0936 e. The molecule has 0 bridgehead atoms. The summed E-state index contributed by atoms with van der Waals surface area (Å²) >= 11 is 0. The normalized spacial score (nSPS) is 48.2. The quantitative estimate of drug-likeness (QED) is 0.567. The number of fused-ring (bicyclic) bond motifs is 1. The molecule has 3 atom stereocenters. The van der Waals surface area contributed by atoms with Crippen LogP contribution in [0.25, 0.3) is 0 Å². The molecular formula is C10H18N2O. The Balaban J connectivity index is 1.49. The van der Waals surface area contributed by atoms with E-state index < -0.39 is 0 Å². The highest BCUT2D eigenvalue weighted by molar-refractivity contribution is 5.10. The fourth-order valence-corrected chi connectivity index (χ4v) is 2.96. The molecule has 2 heterocycles. The second-order valence-electron chi connectivity index (χ2n) is 4.96. The Morgan fingerprint density at radius 2 is 1.92 bits per heavy atom. The average molecular weight is 182 g/mol. The van der Waals surface area contributed by atoms with E-state index >= 15 is 0 Å². The van der Waals surface area contributed by atoms with Gasteiger partial charge in [-0.25, -0.2) is 0 Å². The number of hydrogen-bond donors (Lipinski definition) is 0. The predicted molar refractivity (Wildman–Crippen MR) is 50.6 cm³/mol. The lowest BCUT2D eigenvalue weighted by Gasteiger charge is -2.20. The summed E-state index contributed by atoms with van der Waals surface area (Å²) in [6, 6.07) is 0.886. The standard InChI is InChI=1S/C10H18N2O/c1-11(2)10-8-4-12(5-9(8)10)3-7-6-13-7/h7-10H,3-6H2,1-2H3/t7-,8?,9?,10?/m0/s1. The molecule has 3 rings (SSSR count). The molecule has 3 nitrogen and oxygen atoms in total. The fraction of sp³-hybridized carbons (Fsp3) is 1.00. The minimum atomic E-state index is 0.579. The molecule has 0 spiro atoms. The van der Waals surface area contributed by atoms with Crippen molar-refractivity contribution in [1.29, 1.82) is 0 Å². The van der Waals surface area contributed by atoms with Gasteiger partial charge in [-0.15, -0.1) is 0 Å². The first-order valence-corrected chi connectivity index (χ1v) is 5.26. The van der Waals surface area contributed by atoms with Gasteiger partial charge in [-0.2, -0.15) is 0 Å². The third kappa shape index (κ3) is 1.39. The summed E-state index contributed by atoms with van der Waals surface area (Å²) < 4.78 is 5.24. The van der Waals surface area contributed by atoms with Crippen LogP contribution < -0.4 is 0 Å². The Bertz CT molecular complexity index is 203. The first-order chi connectivity index (χ1) is 6.25. The van der Waals surface area contributed by atoms with Crippen molar-refractivity contribution in [2.75, 3.05) is 40.3 Å². The van der Waals surface area contributed by atoms with Crippen LogP contribution in [0.3, 0.4) is 0 Å². The van der Waals surface area contributed by atoms with Crippen LogP contribution in [0.15, 0.2) is 0 Å². The maximum Gasteiger partial charge on any atom is 0.0936 e. The van der Waals surface area contributed by atoms with Gasteiger partial charge in [0.25, 0.3) is 0 Å². The van der Waals surface area contributed by atoms with E-state index in [9.17, 15) is 0 Å². The van der Waals surface area contributed by atoms with Crippen molar-refractivity contribution in [1.82, 2.24) is 9.80 Å². The largest absolute Gasteiger partial charge is 0.372 e. The number of epoxide rings is 1. The molecule has 3 heteroatoms. The summed E-state index contributed by atoms with van der Waals surface area (Å²) in [7, 11) is 4.41. The zero-order chi connectivity index (χ0) is 9.00. The fourth-order valence-electron chi connectivity index (χ4n) is 2.96. The van der Waals surface area contributed by atoms with Crippen molar-refractivity contribution in [2.45, 2.75) is 12.1 Å². The van der Waals surface area contributed by atoms with E-state index in [1.807, 2.05) is 0 Å². The summed E-state index contributed by atoms with van der Waals surface area (Å²) in [5, 5.41) is 0. The maximum atomic E-state index is 5.24. The summed E-state index contributed by atoms with van der Waals surface area (Å²) in [5.41, 5.74) is 0. The SMILES string of the molecule is CN(C)C1C2CN(C[C@H]3CO3)CC21. The van der Waals surface area contributed by atoms with Crippen LogP contribution >= 0.6 is 0 Å². The summed E-state index contributed by atoms with van der Waals surface area (Å²) in [6.45, 7) is 4.82. The molecule has 0 aromatic heterocycles. The summed E-state index contributed by atoms with van der Waals surface area (Å²) in [4.78, 5) is 4.97. The molecule has 0 radical (unpaired) electrons. The van der Waals surface area contributed by atoms with E-state index in [4.69, 9.17) is 4.74 Å². The van der Waals surface area contributed by atoms with E-state index in [0.29, 0.717) is 6.10 Å². The Morgan fingerprint density at radius 3 is 2.38 bits per heavy atom. The third-order valence-corrected chi connectivity index (χ3v) is 3.68. The Hall–Kier alpha value is -0.120. The first kappa shape index (κ1) is 8.21. The number of hydrogen-bond acceptors (Lipinski definition) is 3. The van der Waals surface area contributed by atoms with Gasteiger partial charge in [0.2, 0.25) is 0 Å². The van der Waals surface area contributed by atoms with Gasteiger partial charge < -0.3 is 9.64 Å². The van der Waals surface area contributed by atoms with Crippen LogP contribution in [0.4, 0.5) is 0 Å². The van der Waals surface area contributed by atoms with Crippen molar-refractivity contribution < 1.29 is 4.74 Å². The lowest BCUT2D eigenvalue weighted by molar-refractivity contribution is 0.229. The molecule has 0 aromatic carbocycles.